The summed E-state index contributed by atoms with van der Waals surface area (Å²) in [6.45, 7) is 0.139. The van der Waals surface area contributed by atoms with Gasteiger partial charge in [0.1, 0.15) is 12.4 Å². The van der Waals surface area contributed by atoms with Crippen LogP contribution < -0.4 is 14.2 Å². The Labute approximate surface area is 183 Å². The topological polar surface area (TPSA) is 108 Å². The van der Waals surface area contributed by atoms with Crippen LogP contribution >= 0.6 is 11.6 Å². The molecule has 2 heterocycles. The highest BCUT2D eigenvalue weighted by Gasteiger charge is 2.14. The molecule has 160 valence electrons. The lowest BCUT2D eigenvalue weighted by molar-refractivity contribution is 0.306. The van der Waals surface area contributed by atoms with Crippen LogP contribution in [0.15, 0.2) is 65.6 Å². The molecule has 0 aliphatic heterocycles. The van der Waals surface area contributed by atoms with Gasteiger partial charge in [-0.25, -0.2) is 13.1 Å². The molecular weight excluding hydrogens is 442 g/mol. The molecule has 4 rings (SSSR count). The highest BCUT2D eigenvalue weighted by molar-refractivity contribution is 7.89. The Morgan fingerprint density at radius 1 is 1.06 bits per heavy atom. The lowest BCUT2D eigenvalue weighted by Crippen LogP contribution is -2.28. The van der Waals surface area contributed by atoms with E-state index in [0.717, 1.165) is 11.3 Å². The molecule has 2 aromatic carbocycles. The van der Waals surface area contributed by atoms with Crippen molar-refractivity contribution < 1.29 is 17.9 Å². The number of rotatable bonds is 8. The van der Waals surface area contributed by atoms with Crippen LogP contribution in [0.2, 0.25) is 5.02 Å². The van der Waals surface area contributed by atoms with Gasteiger partial charge in [-0.1, -0.05) is 17.7 Å². The first kappa shape index (κ1) is 21.0. The van der Waals surface area contributed by atoms with Gasteiger partial charge >= 0.3 is 0 Å². The van der Waals surface area contributed by atoms with Crippen molar-refractivity contribution in [1.82, 2.24) is 24.5 Å². The third kappa shape index (κ3) is 4.76. The average molecular weight is 460 g/mol. The predicted octanol–water partition coefficient (Wildman–Crippen LogP) is 2.81. The molecule has 0 unspecified atom stereocenters. The largest absolute Gasteiger partial charge is 0.497 e. The molecular formula is C20H18ClN5O4S. The maximum absolute atomic E-state index is 12.3. The molecule has 0 aliphatic carbocycles. The maximum Gasteiger partial charge on any atom is 0.240 e. The monoisotopic (exact) mass is 459 g/mol. The van der Waals surface area contributed by atoms with E-state index in [0.29, 0.717) is 22.4 Å². The molecule has 31 heavy (non-hydrogen) atoms. The van der Waals surface area contributed by atoms with Crippen LogP contribution in [0.4, 0.5) is 0 Å². The number of sulfonamides is 1. The third-order valence-corrected chi connectivity index (χ3v) is 6.03. The van der Waals surface area contributed by atoms with Crippen LogP contribution in [0.3, 0.4) is 0 Å². The second-order valence-corrected chi connectivity index (χ2v) is 8.60. The van der Waals surface area contributed by atoms with Crippen molar-refractivity contribution in [2.75, 3.05) is 20.3 Å². The molecule has 0 fully saturated rings. The fraction of sp³-hybridized carbons (Fsp3) is 0.150. The number of fused-ring (bicyclic) bond motifs is 1. The van der Waals surface area contributed by atoms with E-state index < -0.39 is 10.0 Å². The SMILES string of the molecule is COc1ccc(-c2nnc3ccc(OCCNS(=O)(=O)c4cccc(Cl)c4)nn23)cc1. The Morgan fingerprint density at radius 2 is 1.87 bits per heavy atom. The van der Waals surface area contributed by atoms with Gasteiger partial charge in [-0.3, -0.25) is 0 Å². The second kappa shape index (κ2) is 8.88. The van der Waals surface area contributed by atoms with Crippen molar-refractivity contribution in [3.8, 4) is 23.0 Å². The van der Waals surface area contributed by atoms with E-state index in [2.05, 4.69) is 20.0 Å². The summed E-state index contributed by atoms with van der Waals surface area (Å²) in [5, 5.41) is 13.0. The fourth-order valence-electron chi connectivity index (χ4n) is 2.82. The van der Waals surface area contributed by atoms with E-state index in [1.807, 2.05) is 24.3 Å². The molecule has 2 aromatic heterocycles. The summed E-state index contributed by atoms with van der Waals surface area (Å²) in [6.07, 6.45) is 0. The predicted molar refractivity (Wildman–Crippen MR) is 115 cm³/mol. The summed E-state index contributed by atoms with van der Waals surface area (Å²) in [5.74, 6) is 1.59. The van der Waals surface area contributed by atoms with Gasteiger partial charge in [0.2, 0.25) is 15.9 Å². The highest BCUT2D eigenvalue weighted by atomic mass is 35.5. The summed E-state index contributed by atoms with van der Waals surface area (Å²) in [5.41, 5.74) is 1.37. The zero-order valence-corrected chi connectivity index (χ0v) is 18.0. The lowest BCUT2D eigenvalue weighted by Gasteiger charge is -2.09. The van der Waals surface area contributed by atoms with Crippen LogP contribution in [0.25, 0.3) is 17.0 Å². The number of ether oxygens (including phenoxy) is 2. The molecule has 0 amide bonds. The Hall–Kier alpha value is -3.21. The molecule has 0 bridgehead atoms. The van der Waals surface area contributed by atoms with Gasteiger partial charge in [0.05, 0.1) is 12.0 Å². The molecule has 4 aromatic rings. The second-order valence-electron chi connectivity index (χ2n) is 6.40. The first-order valence-electron chi connectivity index (χ1n) is 9.21. The van der Waals surface area contributed by atoms with Gasteiger partial charge in [0.25, 0.3) is 0 Å². The van der Waals surface area contributed by atoms with E-state index in [1.54, 1.807) is 35.9 Å². The molecule has 0 saturated carbocycles. The summed E-state index contributed by atoms with van der Waals surface area (Å²) in [4.78, 5) is 0.0909. The Morgan fingerprint density at radius 3 is 2.61 bits per heavy atom. The average Bonchev–Trinajstić information content (AvgIpc) is 3.20. The minimum Gasteiger partial charge on any atom is -0.497 e. The fourth-order valence-corrected chi connectivity index (χ4v) is 4.13. The van der Waals surface area contributed by atoms with E-state index in [-0.39, 0.29) is 18.0 Å². The van der Waals surface area contributed by atoms with Gasteiger partial charge in [0.15, 0.2) is 11.5 Å². The molecule has 0 aliphatic rings. The number of halogens is 1. The van der Waals surface area contributed by atoms with E-state index in [9.17, 15) is 8.42 Å². The zero-order chi connectivity index (χ0) is 21.8. The smallest absolute Gasteiger partial charge is 0.240 e. The molecule has 9 nitrogen and oxygen atoms in total. The van der Waals surface area contributed by atoms with Crippen molar-refractivity contribution in [2.24, 2.45) is 0 Å². The standard InChI is InChI=1S/C20H18ClN5O4S/c1-29-16-7-5-14(6-8-16)20-24-23-18-9-10-19(25-26(18)20)30-12-11-22-31(27,28)17-4-2-3-15(21)13-17/h2-10,13,22H,11-12H2,1H3. The van der Waals surface area contributed by atoms with Crippen molar-refractivity contribution in [3.63, 3.8) is 0 Å². The maximum atomic E-state index is 12.3. The third-order valence-electron chi connectivity index (χ3n) is 4.34. The van der Waals surface area contributed by atoms with Crippen LogP contribution in [0.1, 0.15) is 0 Å². The molecule has 11 heteroatoms. The van der Waals surface area contributed by atoms with Crippen molar-refractivity contribution in [2.45, 2.75) is 4.90 Å². The van der Waals surface area contributed by atoms with Crippen LogP contribution in [-0.4, -0.2) is 48.5 Å². The number of nitrogens with zero attached hydrogens (tertiary/aromatic N) is 4. The quantitative estimate of drug-likeness (QED) is 0.403. The first-order chi connectivity index (χ1) is 15.0. The number of aromatic nitrogens is 4. The van der Waals surface area contributed by atoms with Crippen molar-refractivity contribution in [1.29, 1.82) is 0 Å². The number of methoxy groups -OCH3 is 1. The summed E-state index contributed by atoms with van der Waals surface area (Å²) in [6, 6.07) is 16.8. The molecule has 1 N–H and O–H groups in total. The normalized spacial score (nSPS) is 11.5. The molecule has 0 atom stereocenters. The minimum atomic E-state index is -3.68. The Bertz CT molecular complexity index is 1310. The Balaban J connectivity index is 1.43. The van der Waals surface area contributed by atoms with Gasteiger partial charge in [-0.15, -0.1) is 15.3 Å². The highest BCUT2D eigenvalue weighted by Crippen LogP contribution is 2.22. The van der Waals surface area contributed by atoms with E-state index in [4.69, 9.17) is 21.1 Å². The van der Waals surface area contributed by atoms with Crippen LogP contribution in [0.5, 0.6) is 11.6 Å². The number of hydrogen-bond donors (Lipinski definition) is 1. The summed E-state index contributed by atoms with van der Waals surface area (Å²) in [7, 11) is -2.08. The van der Waals surface area contributed by atoms with Crippen molar-refractivity contribution in [3.05, 3.63) is 65.7 Å². The van der Waals surface area contributed by atoms with Gasteiger partial charge in [-0.05, 0) is 48.5 Å². The van der Waals surface area contributed by atoms with Crippen molar-refractivity contribution >= 4 is 27.3 Å². The summed E-state index contributed by atoms with van der Waals surface area (Å²) < 4.78 is 39.4. The van der Waals surface area contributed by atoms with E-state index in [1.165, 1.54) is 12.1 Å². The number of benzene rings is 2. The van der Waals surface area contributed by atoms with Crippen LogP contribution in [-0.2, 0) is 10.0 Å². The number of nitrogens with one attached hydrogen (secondary N) is 1. The van der Waals surface area contributed by atoms with Gasteiger partial charge in [-0.2, -0.15) is 4.52 Å². The van der Waals surface area contributed by atoms with Gasteiger partial charge in [0, 0.05) is 23.2 Å². The molecule has 0 saturated heterocycles. The zero-order valence-electron chi connectivity index (χ0n) is 16.4. The Kier molecular flexibility index (Phi) is 6.03. The van der Waals surface area contributed by atoms with Gasteiger partial charge < -0.3 is 9.47 Å². The first-order valence-corrected chi connectivity index (χ1v) is 11.1. The number of hydrogen-bond acceptors (Lipinski definition) is 7. The lowest BCUT2D eigenvalue weighted by atomic mass is 10.2. The molecule has 0 radical (unpaired) electrons. The molecule has 0 spiro atoms. The minimum absolute atomic E-state index is 0.0576. The summed E-state index contributed by atoms with van der Waals surface area (Å²) >= 11 is 5.86. The van der Waals surface area contributed by atoms with E-state index >= 15 is 0 Å². The van der Waals surface area contributed by atoms with Crippen LogP contribution in [0, 0.1) is 0 Å².